The van der Waals surface area contributed by atoms with Gasteiger partial charge in [-0.25, -0.2) is 0 Å². The van der Waals surface area contributed by atoms with Crippen LogP contribution in [0.4, 0.5) is 0 Å². The van der Waals surface area contributed by atoms with Gasteiger partial charge in [0.2, 0.25) is 0 Å². The summed E-state index contributed by atoms with van der Waals surface area (Å²) in [5.41, 5.74) is 5.99. The lowest BCUT2D eigenvalue weighted by Crippen LogP contribution is -2.61. The molecule has 14 atom stereocenters. The van der Waals surface area contributed by atoms with E-state index in [1.165, 1.54) is 0 Å². The van der Waals surface area contributed by atoms with Gasteiger partial charge in [0.25, 0.3) is 0 Å². The average Bonchev–Trinajstić information content (AvgIpc) is 3.05. The molecular formula is C37H59NO14. The van der Waals surface area contributed by atoms with Crippen LogP contribution in [-0.2, 0) is 28.5 Å². The lowest BCUT2D eigenvalue weighted by Gasteiger charge is -2.45. The molecule has 3 heterocycles. The lowest BCUT2D eigenvalue weighted by molar-refractivity contribution is -0.308. The average molecular weight is 742 g/mol. The number of aliphatic carboxylic acids is 1. The quantitative estimate of drug-likeness (QED) is 0.180. The smallest absolute Gasteiger partial charge is 0.311 e. The van der Waals surface area contributed by atoms with Crippen LogP contribution in [0.15, 0.2) is 48.6 Å². The van der Waals surface area contributed by atoms with Crippen molar-refractivity contribution in [2.75, 3.05) is 0 Å². The monoisotopic (exact) mass is 741 g/mol. The molecule has 15 nitrogen and oxygen atoms in total. The van der Waals surface area contributed by atoms with Crippen LogP contribution in [0.25, 0.3) is 0 Å². The summed E-state index contributed by atoms with van der Waals surface area (Å²) < 4.78 is 23.2. The summed E-state index contributed by atoms with van der Waals surface area (Å²) >= 11 is 0. The van der Waals surface area contributed by atoms with Crippen LogP contribution >= 0.6 is 0 Å². The lowest BCUT2D eigenvalue weighted by atomic mass is 9.82. The minimum Gasteiger partial charge on any atom is -0.481 e. The predicted molar refractivity (Wildman–Crippen MR) is 187 cm³/mol. The van der Waals surface area contributed by atoms with Crippen molar-refractivity contribution < 1.29 is 69.4 Å². The van der Waals surface area contributed by atoms with Crippen LogP contribution in [0.3, 0.4) is 0 Å². The number of cyclic esters (lactones) is 1. The first-order valence-corrected chi connectivity index (χ1v) is 18.1. The highest BCUT2D eigenvalue weighted by Crippen LogP contribution is 2.38. The van der Waals surface area contributed by atoms with Gasteiger partial charge in [0.1, 0.15) is 18.1 Å². The molecule has 0 spiro atoms. The van der Waals surface area contributed by atoms with Gasteiger partial charge < -0.3 is 65.5 Å². The second-order valence-electron chi connectivity index (χ2n) is 14.5. The molecule has 52 heavy (non-hydrogen) atoms. The van der Waals surface area contributed by atoms with E-state index >= 15 is 0 Å². The number of hydrogen-bond acceptors (Lipinski definition) is 14. The van der Waals surface area contributed by atoms with Crippen molar-refractivity contribution in [3.63, 3.8) is 0 Å². The summed E-state index contributed by atoms with van der Waals surface area (Å²) in [4.78, 5) is 24.9. The van der Waals surface area contributed by atoms with Crippen LogP contribution < -0.4 is 5.73 Å². The minimum absolute atomic E-state index is 0.0690. The Kier molecular flexibility index (Phi) is 17.5. The minimum atomic E-state index is -2.25. The number of ether oxygens (including phenoxy) is 4. The summed E-state index contributed by atoms with van der Waals surface area (Å²) in [6.45, 7) is 5.45. The number of aliphatic hydroxyl groups is 7. The molecule has 10 N–H and O–H groups in total. The van der Waals surface area contributed by atoms with Crippen molar-refractivity contribution in [1.29, 1.82) is 0 Å². The Hall–Kier alpha value is -2.54. The Morgan fingerprint density at radius 1 is 0.923 bits per heavy atom. The highest BCUT2D eigenvalue weighted by molar-refractivity contribution is 5.71. The molecule has 0 aromatic heterocycles. The maximum Gasteiger partial charge on any atom is 0.311 e. The van der Waals surface area contributed by atoms with Crippen molar-refractivity contribution in [3.05, 3.63) is 48.6 Å². The summed E-state index contributed by atoms with van der Waals surface area (Å²) in [5.74, 6) is -5.65. The Morgan fingerprint density at radius 3 is 2.27 bits per heavy atom. The van der Waals surface area contributed by atoms with E-state index in [1.54, 1.807) is 37.3 Å². The van der Waals surface area contributed by atoms with Crippen molar-refractivity contribution in [1.82, 2.24) is 0 Å². The van der Waals surface area contributed by atoms with Crippen LogP contribution in [0.5, 0.6) is 0 Å². The molecule has 15 heteroatoms. The largest absolute Gasteiger partial charge is 0.481 e. The van der Waals surface area contributed by atoms with Gasteiger partial charge in [0.15, 0.2) is 12.1 Å². The van der Waals surface area contributed by atoms with Crippen molar-refractivity contribution in [2.24, 2.45) is 17.6 Å². The number of hydrogen-bond donors (Lipinski definition) is 9. The maximum atomic E-state index is 12.6. The van der Waals surface area contributed by atoms with Gasteiger partial charge in [-0.3, -0.25) is 9.59 Å². The Bertz CT molecular complexity index is 1240. The number of nitrogens with two attached hydrogens (primary N) is 1. The molecule has 0 radical (unpaired) electrons. The Labute approximate surface area is 305 Å². The number of carboxylic acids is 1. The van der Waals surface area contributed by atoms with Crippen LogP contribution in [0.1, 0.15) is 78.6 Å². The number of carbonyl (C=O) groups excluding carboxylic acids is 1. The second-order valence-corrected chi connectivity index (χ2v) is 14.5. The Balaban J connectivity index is 1.88. The van der Waals surface area contributed by atoms with Gasteiger partial charge in [-0.2, -0.15) is 0 Å². The number of rotatable bonds is 4. The van der Waals surface area contributed by atoms with Crippen molar-refractivity contribution in [3.8, 4) is 0 Å². The molecule has 0 aromatic rings. The van der Waals surface area contributed by atoms with Crippen LogP contribution in [0, 0.1) is 11.8 Å². The molecular weight excluding hydrogens is 682 g/mol. The SMILES string of the molecule is CC(C)C1CCCC=CC=CC=C/C=C\C(OC2OC(C)C(O)C(N)C2O)CC2OC(O)(CC(O)CC(O)C(O)CCC(=O)O1)CC(O)C2C(=O)O. The van der Waals surface area contributed by atoms with Gasteiger partial charge in [0.05, 0.1) is 54.9 Å². The summed E-state index contributed by atoms with van der Waals surface area (Å²) in [7, 11) is 0. The highest BCUT2D eigenvalue weighted by Gasteiger charge is 2.51. The third-order valence-corrected chi connectivity index (χ3v) is 9.73. The number of carbonyl (C=O) groups is 2. The van der Waals surface area contributed by atoms with Gasteiger partial charge in [-0.05, 0) is 38.5 Å². The molecule has 0 aliphatic carbocycles. The number of esters is 1. The van der Waals surface area contributed by atoms with Gasteiger partial charge >= 0.3 is 11.9 Å². The fourth-order valence-corrected chi connectivity index (χ4v) is 6.67. The standard InChI is InChI=1S/C37H59NO14/c1-21(2)28-14-12-10-8-6-4-5-7-9-11-13-24(50-36-34(45)32(38)33(44)22(3)49-36)18-29-31(35(46)47)27(42)20-37(48,52-29)19-23(39)17-26(41)25(40)15-16-30(43)51-28/h4-9,11,13,21-29,31-34,36,39-42,44-45,48H,10,12,14-20,38H2,1-3H3,(H,46,47)/b5-4?,8-6?,9-7?,13-11-. The van der Waals surface area contributed by atoms with E-state index in [9.17, 15) is 50.4 Å². The topological polar surface area (TPSA) is 259 Å². The van der Waals surface area contributed by atoms with Gasteiger partial charge in [-0.1, -0.05) is 62.5 Å². The highest BCUT2D eigenvalue weighted by atomic mass is 16.7. The van der Waals surface area contributed by atoms with E-state index in [-0.39, 0.29) is 31.3 Å². The third kappa shape index (κ3) is 13.4. The first-order valence-electron chi connectivity index (χ1n) is 18.1. The van der Waals surface area contributed by atoms with E-state index in [4.69, 9.17) is 24.7 Å². The number of aliphatic hydroxyl groups excluding tert-OH is 6. The second kappa shape index (κ2) is 20.8. The van der Waals surface area contributed by atoms with E-state index in [0.29, 0.717) is 6.42 Å². The molecule has 14 unspecified atom stereocenters. The van der Waals surface area contributed by atoms with E-state index in [1.807, 2.05) is 32.1 Å². The summed E-state index contributed by atoms with van der Waals surface area (Å²) in [5, 5.41) is 85.4. The first-order chi connectivity index (χ1) is 24.5. The zero-order chi connectivity index (χ0) is 38.6. The van der Waals surface area contributed by atoms with Crippen LogP contribution in [-0.4, -0.2) is 132 Å². The van der Waals surface area contributed by atoms with Crippen molar-refractivity contribution >= 4 is 11.9 Å². The zero-order valence-corrected chi connectivity index (χ0v) is 30.2. The van der Waals surface area contributed by atoms with E-state index in [2.05, 4.69) is 0 Å². The van der Waals surface area contributed by atoms with Crippen molar-refractivity contribution in [2.45, 2.75) is 158 Å². The molecule has 0 amide bonds. The third-order valence-electron chi connectivity index (χ3n) is 9.73. The molecule has 0 aromatic carbocycles. The van der Waals surface area contributed by atoms with Gasteiger partial charge in [0, 0.05) is 32.1 Å². The number of fused-ring (bicyclic) bond motifs is 2. The molecule has 2 fully saturated rings. The van der Waals surface area contributed by atoms with E-state index < -0.39 is 110 Å². The first kappa shape index (κ1) is 43.9. The maximum absolute atomic E-state index is 12.6. The summed E-state index contributed by atoms with van der Waals surface area (Å²) in [6, 6.07) is -1.11. The van der Waals surface area contributed by atoms with Crippen LogP contribution in [0.2, 0.25) is 0 Å². The molecule has 2 saturated heterocycles. The predicted octanol–water partition coefficient (Wildman–Crippen LogP) is 0.714. The van der Waals surface area contributed by atoms with Gasteiger partial charge in [-0.15, -0.1) is 0 Å². The normalized spacial score (nSPS) is 41.7. The number of allylic oxidation sites excluding steroid dienone is 7. The fraction of sp³-hybridized carbons (Fsp3) is 0.730. The fourth-order valence-electron chi connectivity index (χ4n) is 6.67. The number of carboxylic acid groups (broad SMARTS) is 1. The molecule has 0 saturated carbocycles. The molecule has 3 rings (SSSR count). The molecule has 2 bridgehead atoms. The molecule has 3 aliphatic rings. The molecule has 296 valence electrons. The Morgan fingerprint density at radius 2 is 1.60 bits per heavy atom. The molecule has 3 aliphatic heterocycles. The zero-order valence-electron chi connectivity index (χ0n) is 30.2. The van der Waals surface area contributed by atoms with E-state index in [0.717, 1.165) is 12.8 Å². The summed E-state index contributed by atoms with van der Waals surface area (Å²) in [6.07, 6.45) is 0.558.